The molecule has 0 saturated carbocycles. The van der Waals surface area contributed by atoms with E-state index in [1.54, 1.807) is 0 Å². The predicted octanol–water partition coefficient (Wildman–Crippen LogP) is 1.97. The summed E-state index contributed by atoms with van der Waals surface area (Å²) in [6.45, 7) is 6.75. The SMILES string of the molecule is C[C@@H]1CN(Cc2cc(Br)c3c(c2)OCO3)CCN1. The van der Waals surface area contributed by atoms with Crippen LogP contribution in [0.15, 0.2) is 16.6 Å². The monoisotopic (exact) mass is 312 g/mol. The summed E-state index contributed by atoms with van der Waals surface area (Å²) in [6, 6.07) is 4.77. The van der Waals surface area contributed by atoms with Gasteiger partial charge in [0.1, 0.15) is 0 Å². The molecule has 3 rings (SSSR count). The summed E-state index contributed by atoms with van der Waals surface area (Å²) in [5.41, 5.74) is 1.26. The van der Waals surface area contributed by atoms with Crippen LogP contribution in [0.4, 0.5) is 0 Å². The van der Waals surface area contributed by atoms with E-state index in [9.17, 15) is 0 Å². The second kappa shape index (κ2) is 5.07. The minimum absolute atomic E-state index is 0.321. The van der Waals surface area contributed by atoms with Gasteiger partial charge in [-0.2, -0.15) is 0 Å². The lowest BCUT2D eigenvalue weighted by atomic mass is 10.1. The molecule has 2 aliphatic rings. The van der Waals surface area contributed by atoms with Gasteiger partial charge in [-0.25, -0.2) is 0 Å². The number of piperazine rings is 1. The van der Waals surface area contributed by atoms with Gasteiger partial charge < -0.3 is 14.8 Å². The van der Waals surface area contributed by atoms with Crippen molar-refractivity contribution in [3.8, 4) is 11.5 Å². The van der Waals surface area contributed by atoms with Crippen LogP contribution >= 0.6 is 15.9 Å². The van der Waals surface area contributed by atoms with Crippen molar-refractivity contribution >= 4 is 15.9 Å². The second-order valence-corrected chi connectivity index (χ2v) is 5.76. The first kappa shape index (κ1) is 12.3. The molecule has 0 spiro atoms. The lowest BCUT2D eigenvalue weighted by Crippen LogP contribution is -2.48. The summed E-state index contributed by atoms with van der Waals surface area (Å²) in [4.78, 5) is 2.46. The molecule has 0 aromatic heterocycles. The van der Waals surface area contributed by atoms with E-state index in [1.165, 1.54) is 5.56 Å². The molecule has 2 aliphatic heterocycles. The fourth-order valence-corrected chi connectivity index (χ4v) is 3.13. The molecule has 0 aliphatic carbocycles. The van der Waals surface area contributed by atoms with Crippen molar-refractivity contribution in [2.75, 3.05) is 26.4 Å². The third-order valence-electron chi connectivity index (χ3n) is 3.35. The fourth-order valence-electron chi connectivity index (χ4n) is 2.53. The molecular weight excluding hydrogens is 296 g/mol. The van der Waals surface area contributed by atoms with Crippen molar-refractivity contribution in [3.05, 3.63) is 22.2 Å². The van der Waals surface area contributed by atoms with Crippen LogP contribution in [-0.4, -0.2) is 37.4 Å². The van der Waals surface area contributed by atoms with Crippen LogP contribution in [0.1, 0.15) is 12.5 Å². The van der Waals surface area contributed by atoms with Gasteiger partial charge in [-0.3, -0.25) is 4.90 Å². The van der Waals surface area contributed by atoms with Gasteiger partial charge >= 0.3 is 0 Å². The molecule has 1 fully saturated rings. The van der Waals surface area contributed by atoms with E-state index in [2.05, 4.69) is 45.2 Å². The molecule has 2 heterocycles. The highest BCUT2D eigenvalue weighted by atomic mass is 79.9. The highest BCUT2D eigenvalue weighted by Crippen LogP contribution is 2.40. The van der Waals surface area contributed by atoms with Crippen molar-refractivity contribution in [1.82, 2.24) is 10.2 Å². The van der Waals surface area contributed by atoms with Gasteiger partial charge in [0.05, 0.1) is 4.47 Å². The summed E-state index contributed by atoms with van der Waals surface area (Å²) < 4.78 is 11.8. The van der Waals surface area contributed by atoms with Gasteiger partial charge in [0, 0.05) is 32.2 Å². The van der Waals surface area contributed by atoms with Gasteiger partial charge in [0.2, 0.25) is 6.79 Å². The number of nitrogens with zero attached hydrogens (tertiary/aromatic N) is 1. The fraction of sp³-hybridized carbons (Fsp3) is 0.538. The zero-order valence-corrected chi connectivity index (χ0v) is 12.0. The first-order valence-corrected chi connectivity index (χ1v) is 7.05. The maximum atomic E-state index is 5.45. The molecule has 98 valence electrons. The standard InChI is InChI=1S/C13H17BrN2O2/c1-9-6-16(3-2-15-9)7-10-4-11(14)13-12(5-10)17-8-18-13/h4-5,9,15H,2-3,6-8H2,1H3/t9-/m1/s1. The summed E-state index contributed by atoms with van der Waals surface area (Å²) in [5, 5.41) is 3.46. The Morgan fingerprint density at radius 2 is 2.33 bits per heavy atom. The van der Waals surface area contributed by atoms with Crippen LogP contribution in [-0.2, 0) is 6.54 Å². The Kier molecular flexibility index (Phi) is 3.46. The van der Waals surface area contributed by atoms with E-state index in [-0.39, 0.29) is 0 Å². The topological polar surface area (TPSA) is 33.7 Å². The molecular formula is C13H17BrN2O2. The number of hydrogen-bond acceptors (Lipinski definition) is 4. The Morgan fingerprint density at radius 1 is 1.44 bits per heavy atom. The van der Waals surface area contributed by atoms with Crippen LogP contribution in [0.25, 0.3) is 0 Å². The van der Waals surface area contributed by atoms with Crippen LogP contribution in [0.5, 0.6) is 11.5 Å². The van der Waals surface area contributed by atoms with Crippen LogP contribution in [0, 0.1) is 0 Å². The van der Waals surface area contributed by atoms with Gasteiger partial charge in [-0.15, -0.1) is 0 Å². The maximum absolute atomic E-state index is 5.45. The van der Waals surface area contributed by atoms with Gasteiger partial charge in [-0.05, 0) is 40.5 Å². The largest absolute Gasteiger partial charge is 0.454 e. The molecule has 18 heavy (non-hydrogen) atoms. The smallest absolute Gasteiger partial charge is 0.231 e. The highest BCUT2D eigenvalue weighted by Gasteiger charge is 2.20. The van der Waals surface area contributed by atoms with E-state index >= 15 is 0 Å². The van der Waals surface area contributed by atoms with Gasteiger partial charge in [0.15, 0.2) is 11.5 Å². The van der Waals surface area contributed by atoms with Crippen molar-refractivity contribution < 1.29 is 9.47 Å². The summed E-state index contributed by atoms with van der Waals surface area (Å²) in [7, 11) is 0. The normalized spacial score (nSPS) is 23.3. The zero-order valence-electron chi connectivity index (χ0n) is 10.4. The number of benzene rings is 1. The number of rotatable bonds is 2. The van der Waals surface area contributed by atoms with Gasteiger partial charge in [-0.1, -0.05) is 0 Å². The third kappa shape index (κ3) is 2.48. The number of fused-ring (bicyclic) bond motifs is 1. The molecule has 5 heteroatoms. The Bertz CT molecular complexity index is 453. The van der Waals surface area contributed by atoms with E-state index < -0.39 is 0 Å². The molecule has 4 nitrogen and oxygen atoms in total. The van der Waals surface area contributed by atoms with E-state index in [0.717, 1.165) is 42.2 Å². The molecule has 0 amide bonds. The van der Waals surface area contributed by atoms with Crippen molar-refractivity contribution in [2.45, 2.75) is 19.5 Å². The first-order chi connectivity index (χ1) is 8.72. The Balaban J connectivity index is 1.75. The molecule has 1 aromatic carbocycles. The van der Waals surface area contributed by atoms with Crippen LogP contribution < -0.4 is 14.8 Å². The molecule has 1 aromatic rings. The second-order valence-electron chi connectivity index (χ2n) is 4.90. The predicted molar refractivity (Wildman–Crippen MR) is 73.0 cm³/mol. The minimum Gasteiger partial charge on any atom is -0.454 e. The molecule has 1 N–H and O–H groups in total. The number of hydrogen-bond donors (Lipinski definition) is 1. The van der Waals surface area contributed by atoms with Crippen LogP contribution in [0.3, 0.4) is 0 Å². The van der Waals surface area contributed by atoms with E-state index in [0.29, 0.717) is 12.8 Å². The Hall–Kier alpha value is -0.780. The van der Waals surface area contributed by atoms with E-state index in [1.807, 2.05) is 0 Å². The number of nitrogens with one attached hydrogen (secondary N) is 1. The molecule has 0 unspecified atom stereocenters. The summed E-state index contributed by atoms with van der Waals surface area (Å²) in [5.74, 6) is 1.68. The van der Waals surface area contributed by atoms with Crippen molar-refractivity contribution in [1.29, 1.82) is 0 Å². The summed E-state index contributed by atoms with van der Waals surface area (Å²) in [6.07, 6.45) is 0. The van der Waals surface area contributed by atoms with Crippen LogP contribution in [0.2, 0.25) is 0 Å². The lowest BCUT2D eigenvalue weighted by molar-refractivity contribution is 0.173. The zero-order chi connectivity index (χ0) is 12.5. The van der Waals surface area contributed by atoms with Crippen molar-refractivity contribution in [3.63, 3.8) is 0 Å². The molecule has 0 radical (unpaired) electrons. The average molecular weight is 313 g/mol. The first-order valence-electron chi connectivity index (χ1n) is 6.26. The Labute approximate surface area is 115 Å². The Morgan fingerprint density at radius 3 is 3.17 bits per heavy atom. The lowest BCUT2D eigenvalue weighted by Gasteiger charge is -2.31. The molecule has 1 atom stereocenters. The van der Waals surface area contributed by atoms with Crippen molar-refractivity contribution in [2.24, 2.45) is 0 Å². The average Bonchev–Trinajstić information content (AvgIpc) is 2.77. The number of ether oxygens (including phenoxy) is 2. The third-order valence-corrected chi connectivity index (χ3v) is 3.94. The van der Waals surface area contributed by atoms with Gasteiger partial charge in [0.25, 0.3) is 0 Å². The number of halogens is 1. The summed E-state index contributed by atoms with van der Waals surface area (Å²) >= 11 is 3.54. The molecule has 1 saturated heterocycles. The highest BCUT2D eigenvalue weighted by molar-refractivity contribution is 9.10. The van der Waals surface area contributed by atoms with E-state index in [4.69, 9.17) is 9.47 Å². The maximum Gasteiger partial charge on any atom is 0.231 e. The quantitative estimate of drug-likeness (QED) is 0.905. The minimum atomic E-state index is 0.321. The molecule has 0 bridgehead atoms.